The molecule has 2 heterocycles. The molecule has 2 rings (SSSR count). The SMILES string of the molecule is N/C=C(\C=C(/C=O)NC(=O)c1ccccn1)c1ccncc1. The molecule has 0 spiro atoms. The average Bonchev–Trinajstić information content (AvgIpc) is 2.60. The Morgan fingerprint density at radius 3 is 2.50 bits per heavy atom. The number of nitrogens with one attached hydrogen (secondary N) is 1. The standard InChI is InChI=1S/C16H14N4O2/c17-10-13(12-4-7-18-8-5-12)9-14(11-21)20-16(22)15-3-1-2-6-19-15/h1-11H,17H2,(H,20,22)/b13-10+,14-9+. The summed E-state index contributed by atoms with van der Waals surface area (Å²) in [5, 5.41) is 2.50. The fourth-order valence-corrected chi connectivity index (χ4v) is 1.73. The van der Waals surface area contributed by atoms with Gasteiger partial charge < -0.3 is 11.1 Å². The van der Waals surface area contributed by atoms with Crippen molar-refractivity contribution in [2.24, 2.45) is 5.73 Å². The van der Waals surface area contributed by atoms with Gasteiger partial charge >= 0.3 is 0 Å². The highest BCUT2D eigenvalue weighted by atomic mass is 16.2. The number of hydrogen-bond acceptors (Lipinski definition) is 5. The summed E-state index contributed by atoms with van der Waals surface area (Å²) in [6, 6.07) is 8.44. The molecule has 0 fully saturated rings. The van der Waals surface area contributed by atoms with Gasteiger partial charge in [0, 0.05) is 24.8 Å². The van der Waals surface area contributed by atoms with Gasteiger partial charge in [-0.2, -0.15) is 0 Å². The van der Waals surface area contributed by atoms with Gasteiger partial charge in [-0.3, -0.25) is 19.6 Å². The maximum absolute atomic E-state index is 12.0. The number of allylic oxidation sites excluding steroid dienone is 3. The van der Waals surface area contributed by atoms with Gasteiger partial charge in [-0.25, -0.2) is 0 Å². The number of rotatable bonds is 5. The molecule has 0 bridgehead atoms. The van der Waals surface area contributed by atoms with Gasteiger partial charge in [-0.15, -0.1) is 0 Å². The Morgan fingerprint density at radius 1 is 1.14 bits per heavy atom. The predicted octanol–water partition coefficient (Wildman–Crippen LogP) is 1.29. The minimum atomic E-state index is -0.468. The topological polar surface area (TPSA) is 98.0 Å². The molecule has 1 amide bonds. The van der Waals surface area contributed by atoms with Gasteiger partial charge in [-0.05, 0) is 41.5 Å². The summed E-state index contributed by atoms with van der Waals surface area (Å²) in [7, 11) is 0. The van der Waals surface area contributed by atoms with Crippen molar-refractivity contribution in [3.8, 4) is 0 Å². The molecule has 0 saturated heterocycles. The molecule has 0 atom stereocenters. The molecule has 0 aliphatic carbocycles. The third-order valence-corrected chi connectivity index (χ3v) is 2.79. The lowest BCUT2D eigenvalue weighted by Crippen LogP contribution is -2.24. The van der Waals surface area contributed by atoms with Gasteiger partial charge in [-0.1, -0.05) is 6.07 Å². The summed E-state index contributed by atoms with van der Waals surface area (Å²) < 4.78 is 0. The minimum absolute atomic E-state index is 0.0872. The molecule has 22 heavy (non-hydrogen) atoms. The maximum Gasteiger partial charge on any atom is 0.274 e. The van der Waals surface area contributed by atoms with Crippen LogP contribution in [0, 0.1) is 0 Å². The first-order valence-electron chi connectivity index (χ1n) is 6.46. The van der Waals surface area contributed by atoms with Gasteiger partial charge in [0.15, 0.2) is 6.29 Å². The number of aromatic nitrogens is 2. The summed E-state index contributed by atoms with van der Waals surface area (Å²) in [4.78, 5) is 31.0. The molecule has 0 aliphatic heterocycles. The molecule has 0 radical (unpaired) electrons. The molecule has 6 heteroatoms. The maximum atomic E-state index is 12.0. The van der Waals surface area contributed by atoms with Crippen LogP contribution in [0.25, 0.3) is 5.57 Å². The Balaban J connectivity index is 2.20. The van der Waals surface area contributed by atoms with E-state index in [1.54, 1.807) is 42.7 Å². The van der Waals surface area contributed by atoms with Crippen LogP contribution in [0.1, 0.15) is 16.1 Å². The van der Waals surface area contributed by atoms with Crippen LogP contribution in [0.5, 0.6) is 0 Å². The van der Waals surface area contributed by atoms with Crippen molar-refractivity contribution in [1.82, 2.24) is 15.3 Å². The summed E-state index contributed by atoms with van der Waals surface area (Å²) >= 11 is 0. The van der Waals surface area contributed by atoms with Crippen molar-refractivity contribution < 1.29 is 9.59 Å². The fourth-order valence-electron chi connectivity index (χ4n) is 1.73. The van der Waals surface area contributed by atoms with E-state index in [1.807, 2.05) is 0 Å². The quantitative estimate of drug-likeness (QED) is 0.492. The largest absolute Gasteiger partial charge is 0.404 e. The van der Waals surface area contributed by atoms with E-state index in [0.717, 1.165) is 5.56 Å². The van der Waals surface area contributed by atoms with E-state index >= 15 is 0 Å². The molecule has 6 nitrogen and oxygen atoms in total. The number of nitrogens with zero attached hydrogens (tertiary/aromatic N) is 2. The number of pyridine rings is 2. The van der Waals surface area contributed by atoms with E-state index in [-0.39, 0.29) is 11.4 Å². The lowest BCUT2D eigenvalue weighted by molar-refractivity contribution is -0.105. The van der Waals surface area contributed by atoms with Gasteiger partial charge in [0.1, 0.15) is 5.69 Å². The van der Waals surface area contributed by atoms with E-state index in [9.17, 15) is 9.59 Å². The van der Waals surface area contributed by atoms with Crippen molar-refractivity contribution in [3.05, 3.63) is 78.2 Å². The monoisotopic (exact) mass is 294 g/mol. The molecule has 110 valence electrons. The number of aldehydes is 1. The Bertz CT molecular complexity index is 709. The highest BCUT2D eigenvalue weighted by Crippen LogP contribution is 2.14. The lowest BCUT2D eigenvalue weighted by Gasteiger charge is -2.06. The second kappa shape index (κ2) is 7.49. The van der Waals surface area contributed by atoms with Crippen LogP contribution in [0.2, 0.25) is 0 Å². The third kappa shape index (κ3) is 3.86. The first-order valence-corrected chi connectivity index (χ1v) is 6.46. The second-order valence-electron chi connectivity index (χ2n) is 4.24. The van der Waals surface area contributed by atoms with Crippen molar-refractivity contribution in [2.75, 3.05) is 0 Å². The Labute approximate surface area is 127 Å². The van der Waals surface area contributed by atoms with Crippen LogP contribution in [0.15, 0.2) is 66.9 Å². The van der Waals surface area contributed by atoms with Crippen molar-refractivity contribution >= 4 is 17.8 Å². The Kier molecular flexibility index (Phi) is 5.15. The molecule has 2 aromatic rings. The lowest BCUT2D eigenvalue weighted by atomic mass is 10.1. The molecule has 2 aromatic heterocycles. The van der Waals surface area contributed by atoms with Crippen LogP contribution in [-0.2, 0) is 4.79 Å². The molecule has 0 unspecified atom stereocenters. The molecule has 0 saturated carbocycles. The summed E-state index contributed by atoms with van der Waals surface area (Å²) in [5.41, 5.74) is 7.26. The zero-order valence-electron chi connectivity index (χ0n) is 11.6. The van der Waals surface area contributed by atoms with Crippen LogP contribution >= 0.6 is 0 Å². The van der Waals surface area contributed by atoms with Crippen LogP contribution in [-0.4, -0.2) is 22.2 Å². The number of hydrogen-bond donors (Lipinski definition) is 2. The smallest absolute Gasteiger partial charge is 0.274 e. The summed E-state index contributed by atoms with van der Waals surface area (Å²) in [5.74, 6) is -0.468. The Hall–Kier alpha value is -3.28. The second-order valence-corrected chi connectivity index (χ2v) is 4.24. The normalized spacial score (nSPS) is 11.8. The molecule has 0 aromatic carbocycles. The van der Waals surface area contributed by atoms with Crippen LogP contribution in [0.3, 0.4) is 0 Å². The fraction of sp³-hybridized carbons (Fsp3) is 0. The Morgan fingerprint density at radius 2 is 1.91 bits per heavy atom. The van der Waals surface area contributed by atoms with Crippen molar-refractivity contribution in [2.45, 2.75) is 0 Å². The number of carbonyl (C=O) groups excluding carboxylic acids is 2. The minimum Gasteiger partial charge on any atom is -0.404 e. The highest BCUT2D eigenvalue weighted by Gasteiger charge is 2.09. The first-order chi connectivity index (χ1) is 10.7. The average molecular weight is 294 g/mol. The number of carbonyl (C=O) groups is 2. The van der Waals surface area contributed by atoms with E-state index in [4.69, 9.17) is 5.73 Å². The molecule has 0 aliphatic rings. The first kappa shape index (κ1) is 15.1. The van der Waals surface area contributed by atoms with E-state index in [1.165, 1.54) is 18.5 Å². The van der Waals surface area contributed by atoms with E-state index in [0.29, 0.717) is 11.9 Å². The molecular formula is C16H14N4O2. The third-order valence-electron chi connectivity index (χ3n) is 2.79. The summed E-state index contributed by atoms with van der Waals surface area (Å²) in [6.45, 7) is 0. The van der Waals surface area contributed by atoms with Gasteiger partial charge in [0.25, 0.3) is 5.91 Å². The molecule has 3 N–H and O–H groups in total. The van der Waals surface area contributed by atoms with Gasteiger partial charge in [0.2, 0.25) is 0 Å². The highest BCUT2D eigenvalue weighted by molar-refractivity contribution is 5.97. The number of amides is 1. The van der Waals surface area contributed by atoms with Gasteiger partial charge in [0.05, 0.1) is 5.70 Å². The van der Waals surface area contributed by atoms with Crippen molar-refractivity contribution in [3.63, 3.8) is 0 Å². The predicted molar refractivity (Wildman–Crippen MR) is 82.3 cm³/mol. The van der Waals surface area contributed by atoms with Crippen LogP contribution in [0.4, 0.5) is 0 Å². The molecular weight excluding hydrogens is 280 g/mol. The number of nitrogens with two attached hydrogens (primary N) is 1. The zero-order chi connectivity index (χ0) is 15.8. The van der Waals surface area contributed by atoms with E-state index < -0.39 is 5.91 Å². The van der Waals surface area contributed by atoms with E-state index in [2.05, 4.69) is 15.3 Å². The van der Waals surface area contributed by atoms with Crippen molar-refractivity contribution in [1.29, 1.82) is 0 Å². The van der Waals surface area contributed by atoms with Crippen LogP contribution < -0.4 is 11.1 Å². The summed E-state index contributed by atoms with van der Waals surface area (Å²) in [6.07, 6.45) is 8.11. The zero-order valence-corrected chi connectivity index (χ0v) is 11.6.